The molecule has 1 aliphatic heterocycles. The van der Waals surface area contributed by atoms with E-state index in [1.807, 2.05) is 12.1 Å². The molecule has 2 aromatic carbocycles. The molecule has 134 valence electrons. The Morgan fingerprint density at radius 3 is 2.20 bits per heavy atom. The molecule has 0 atom stereocenters. The minimum absolute atomic E-state index is 0.380. The van der Waals surface area contributed by atoms with E-state index in [0.29, 0.717) is 10.9 Å². The van der Waals surface area contributed by atoms with Crippen LogP contribution in [0.4, 0.5) is 0 Å². The number of likely N-dealkylation sites (tertiary alicyclic amines) is 1. The topological polar surface area (TPSA) is 49.4 Å². The van der Waals surface area contributed by atoms with E-state index >= 15 is 0 Å². The monoisotopic (exact) mass is 358 g/mol. The molecule has 1 saturated heterocycles. The van der Waals surface area contributed by atoms with Gasteiger partial charge >= 0.3 is 0 Å². The first-order valence-corrected chi connectivity index (χ1v) is 10.7. The van der Waals surface area contributed by atoms with Crippen LogP contribution in [0.2, 0.25) is 0 Å². The van der Waals surface area contributed by atoms with Crippen molar-refractivity contribution in [1.82, 2.24) is 10.2 Å². The van der Waals surface area contributed by atoms with Crippen molar-refractivity contribution in [3.8, 4) is 0 Å². The van der Waals surface area contributed by atoms with Gasteiger partial charge in [-0.25, -0.2) is 8.42 Å². The van der Waals surface area contributed by atoms with Gasteiger partial charge in [0.15, 0.2) is 9.84 Å². The van der Waals surface area contributed by atoms with E-state index in [4.69, 9.17) is 0 Å². The minimum Gasteiger partial charge on any atom is -0.310 e. The van der Waals surface area contributed by atoms with Crippen molar-refractivity contribution in [2.24, 2.45) is 0 Å². The average molecular weight is 359 g/mol. The second-order valence-electron chi connectivity index (χ2n) is 6.83. The Labute approximate surface area is 150 Å². The number of nitrogens with one attached hydrogen (secondary N) is 1. The van der Waals surface area contributed by atoms with Crippen LogP contribution in [0.5, 0.6) is 0 Å². The minimum atomic E-state index is -3.11. The Bertz CT molecular complexity index is 765. The zero-order chi connectivity index (χ0) is 17.7. The summed E-state index contributed by atoms with van der Waals surface area (Å²) in [5.41, 5.74) is 2.50. The summed E-state index contributed by atoms with van der Waals surface area (Å²) < 4.78 is 23.0. The predicted octanol–water partition coefficient (Wildman–Crippen LogP) is 2.84. The van der Waals surface area contributed by atoms with Crippen molar-refractivity contribution >= 4 is 9.84 Å². The summed E-state index contributed by atoms with van der Waals surface area (Å²) in [6.07, 6.45) is 3.53. The lowest BCUT2D eigenvalue weighted by Gasteiger charge is -2.32. The van der Waals surface area contributed by atoms with Crippen LogP contribution in [0.15, 0.2) is 59.5 Å². The molecule has 0 saturated carbocycles. The molecule has 0 aliphatic carbocycles. The van der Waals surface area contributed by atoms with Crippen molar-refractivity contribution in [3.05, 3.63) is 65.7 Å². The number of hydrogen-bond acceptors (Lipinski definition) is 4. The van der Waals surface area contributed by atoms with Crippen molar-refractivity contribution in [3.63, 3.8) is 0 Å². The van der Waals surface area contributed by atoms with Crippen LogP contribution < -0.4 is 5.32 Å². The summed E-state index contributed by atoms with van der Waals surface area (Å²) in [6, 6.07) is 18.3. The van der Waals surface area contributed by atoms with Crippen molar-refractivity contribution in [1.29, 1.82) is 0 Å². The highest BCUT2D eigenvalue weighted by Crippen LogP contribution is 2.15. The Balaban J connectivity index is 1.43. The van der Waals surface area contributed by atoms with Crippen LogP contribution >= 0.6 is 0 Å². The summed E-state index contributed by atoms with van der Waals surface area (Å²) in [5.74, 6) is 0. The van der Waals surface area contributed by atoms with E-state index in [2.05, 4.69) is 40.5 Å². The van der Waals surface area contributed by atoms with Gasteiger partial charge in [0.1, 0.15) is 0 Å². The number of sulfone groups is 1. The normalized spacial score (nSPS) is 16.8. The van der Waals surface area contributed by atoms with Gasteiger partial charge in [-0.05, 0) is 49.2 Å². The highest BCUT2D eigenvalue weighted by atomic mass is 32.2. The fourth-order valence-corrected chi connectivity index (χ4v) is 3.88. The Morgan fingerprint density at radius 2 is 1.60 bits per heavy atom. The third kappa shape index (κ3) is 5.39. The first-order valence-electron chi connectivity index (χ1n) is 8.79. The maximum atomic E-state index is 11.5. The van der Waals surface area contributed by atoms with E-state index in [1.165, 1.54) is 11.8 Å². The molecule has 5 heteroatoms. The predicted molar refractivity (Wildman–Crippen MR) is 101 cm³/mol. The van der Waals surface area contributed by atoms with Gasteiger partial charge in [0.25, 0.3) is 0 Å². The highest BCUT2D eigenvalue weighted by Gasteiger charge is 2.18. The van der Waals surface area contributed by atoms with Crippen molar-refractivity contribution in [2.45, 2.75) is 36.9 Å². The molecule has 0 unspecified atom stereocenters. The second kappa shape index (κ2) is 8.13. The number of piperidine rings is 1. The van der Waals surface area contributed by atoms with Gasteiger partial charge in [-0.15, -0.1) is 0 Å². The van der Waals surface area contributed by atoms with Crippen LogP contribution in [-0.2, 0) is 22.9 Å². The molecular formula is C20H26N2O2S. The first-order chi connectivity index (χ1) is 12.0. The lowest BCUT2D eigenvalue weighted by Crippen LogP contribution is -2.41. The SMILES string of the molecule is CS(=O)(=O)c1ccc(CNC2CCN(Cc3ccccc3)CC2)cc1. The summed E-state index contributed by atoms with van der Waals surface area (Å²) in [7, 11) is -3.11. The van der Waals surface area contributed by atoms with Crippen LogP contribution in [-0.4, -0.2) is 38.7 Å². The molecule has 2 aromatic rings. The number of benzene rings is 2. The molecule has 0 spiro atoms. The van der Waals surface area contributed by atoms with Gasteiger partial charge in [0.05, 0.1) is 4.90 Å². The fourth-order valence-electron chi connectivity index (χ4n) is 3.25. The van der Waals surface area contributed by atoms with Gasteiger partial charge in [0.2, 0.25) is 0 Å². The van der Waals surface area contributed by atoms with E-state index in [-0.39, 0.29) is 0 Å². The standard InChI is InChI=1S/C20H26N2O2S/c1-25(23,24)20-9-7-17(8-10-20)15-21-19-11-13-22(14-12-19)16-18-5-3-2-4-6-18/h2-10,19,21H,11-16H2,1H3. The van der Waals surface area contributed by atoms with E-state index < -0.39 is 9.84 Å². The fraction of sp³-hybridized carbons (Fsp3) is 0.400. The van der Waals surface area contributed by atoms with Crippen molar-refractivity contribution < 1.29 is 8.42 Å². The smallest absolute Gasteiger partial charge is 0.175 e. The van der Waals surface area contributed by atoms with Crippen LogP contribution in [0.25, 0.3) is 0 Å². The van der Waals surface area contributed by atoms with Crippen LogP contribution in [0.3, 0.4) is 0 Å². The van der Waals surface area contributed by atoms with Crippen LogP contribution in [0, 0.1) is 0 Å². The molecule has 0 radical (unpaired) electrons. The van der Waals surface area contributed by atoms with Gasteiger partial charge < -0.3 is 5.32 Å². The average Bonchev–Trinajstić information content (AvgIpc) is 2.62. The van der Waals surface area contributed by atoms with Gasteiger partial charge in [0, 0.05) is 25.4 Å². The molecule has 0 bridgehead atoms. The van der Waals surface area contributed by atoms with Crippen LogP contribution in [0.1, 0.15) is 24.0 Å². The number of hydrogen-bond donors (Lipinski definition) is 1. The zero-order valence-corrected chi connectivity index (χ0v) is 15.5. The molecule has 3 rings (SSSR count). The van der Waals surface area contributed by atoms with E-state index in [9.17, 15) is 8.42 Å². The van der Waals surface area contributed by atoms with Gasteiger partial charge in [-0.2, -0.15) is 0 Å². The maximum Gasteiger partial charge on any atom is 0.175 e. The lowest BCUT2D eigenvalue weighted by molar-refractivity contribution is 0.190. The van der Waals surface area contributed by atoms with Crippen molar-refractivity contribution in [2.75, 3.05) is 19.3 Å². The molecule has 25 heavy (non-hydrogen) atoms. The molecule has 4 nitrogen and oxygen atoms in total. The van der Waals surface area contributed by atoms with E-state index in [0.717, 1.165) is 44.6 Å². The van der Waals surface area contributed by atoms with E-state index in [1.54, 1.807) is 12.1 Å². The quantitative estimate of drug-likeness (QED) is 0.863. The zero-order valence-electron chi connectivity index (χ0n) is 14.7. The first kappa shape index (κ1) is 18.1. The second-order valence-corrected chi connectivity index (χ2v) is 8.85. The molecule has 1 heterocycles. The molecule has 1 aliphatic rings. The maximum absolute atomic E-state index is 11.5. The molecular weight excluding hydrogens is 332 g/mol. The third-order valence-electron chi connectivity index (χ3n) is 4.78. The summed E-state index contributed by atoms with van der Waals surface area (Å²) in [5, 5.41) is 3.60. The lowest BCUT2D eigenvalue weighted by atomic mass is 10.0. The Kier molecular flexibility index (Phi) is 5.89. The molecule has 0 aromatic heterocycles. The molecule has 1 N–H and O–H groups in total. The van der Waals surface area contributed by atoms with Gasteiger partial charge in [-0.3, -0.25) is 4.90 Å². The molecule has 0 amide bonds. The highest BCUT2D eigenvalue weighted by molar-refractivity contribution is 7.90. The Morgan fingerprint density at radius 1 is 0.960 bits per heavy atom. The largest absolute Gasteiger partial charge is 0.310 e. The number of nitrogens with zero attached hydrogens (tertiary/aromatic N) is 1. The van der Waals surface area contributed by atoms with Gasteiger partial charge in [-0.1, -0.05) is 42.5 Å². The third-order valence-corrected chi connectivity index (χ3v) is 5.91. The summed E-state index contributed by atoms with van der Waals surface area (Å²) in [4.78, 5) is 2.89. The summed E-state index contributed by atoms with van der Waals surface area (Å²) >= 11 is 0. The number of rotatable bonds is 6. The Hall–Kier alpha value is -1.69. The summed E-state index contributed by atoms with van der Waals surface area (Å²) in [6.45, 7) is 4.03. The molecule has 1 fully saturated rings.